The lowest BCUT2D eigenvalue weighted by Crippen LogP contribution is -2.54. The number of nitrogens with zero attached hydrogens (tertiary/aromatic N) is 1. The van der Waals surface area contributed by atoms with Crippen LogP contribution < -0.4 is 10.6 Å². The first-order chi connectivity index (χ1) is 16.0. The zero-order valence-corrected chi connectivity index (χ0v) is 22.2. The Hall–Kier alpha value is -1.41. The van der Waals surface area contributed by atoms with Gasteiger partial charge in [0.15, 0.2) is 0 Å². The molecule has 6 nitrogen and oxygen atoms in total. The van der Waals surface area contributed by atoms with Crippen molar-refractivity contribution in [3.8, 4) is 0 Å². The maximum absolute atomic E-state index is 15.1. The number of carbonyl (C=O) groups is 1. The summed E-state index contributed by atoms with van der Waals surface area (Å²) < 4.78 is 20.2. The van der Waals surface area contributed by atoms with Crippen LogP contribution in [0.15, 0.2) is 18.2 Å². The van der Waals surface area contributed by atoms with Crippen molar-refractivity contribution in [2.45, 2.75) is 70.9 Å². The summed E-state index contributed by atoms with van der Waals surface area (Å²) in [4.78, 5) is 15.0. The van der Waals surface area contributed by atoms with E-state index in [0.29, 0.717) is 45.5 Å². The third-order valence-electron chi connectivity index (χ3n) is 6.60. The van der Waals surface area contributed by atoms with Crippen LogP contribution in [0.2, 0.25) is 5.02 Å². The number of ether oxygens (including phenoxy) is 1. The van der Waals surface area contributed by atoms with Gasteiger partial charge in [-0.05, 0) is 57.1 Å². The minimum Gasteiger partial charge on any atom is -0.385 e. The number of amides is 2. The predicted octanol–water partition coefficient (Wildman–Crippen LogP) is 4.93. The van der Waals surface area contributed by atoms with Crippen molar-refractivity contribution in [1.29, 1.82) is 0 Å². The average Bonchev–Trinajstić information content (AvgIpc) is 2.77. The van der Waals surface area contributed by atoms with Crippen molar-refractivity contribution in [2.24, 2.45) is 11.3 Å². The number of nitrogens with one attached hydrogen (secondary N) is 2. The fourth-order valence-electron chi connectivity index (χ4n) is 5.01. The molecule has 0 bridgehead atoms. The molecule has 1 fully saturated rings. The molecule has 2 amide bonds. The molecule has 0 saturated carbocycles. The number of hydrogen-bond acceptors (Lipinski definition) is 4. The summed E-state index contributed by atoms with van der Waals surface area (Å²) in [6, 6.07) is 4.63. The Morgan fingerprint density at radius 3 is 2.74 bits per heavy atom. The van der Waals surface area contributed by atoms with Gasteiger partial charge in [-0.3, -0.25) is 0 Å². The number of benzene rings is 1. The summed E-state index contributed by atoms with van der Waals surface area (Å²) in [6.07, 6.45) is 4.11. The monoisotopic (exact) mass is 499 g/mol. The molecule has 1 aromatic carbocycles. The molecule has 0 aromatic heterocycles. The van der Waals surface area contributed by atoms with Crippen molar-refractivity contribution < 1.29 is 19.0 Å². The number of likely N-dealkylation sites (tertiary alicyclic amines) is 1. The molecule has 34 heavy (non-hydrogen) atoms. The normalized spacial score (nSPS) is 19.5. The molecule has 3 N–H and O–H groups in total. The van der Waals surface area contributed by atoms with Crippen LogP contribution in [0, 0.1) is 17.2 Å². The van der Waals surface area contributed by atoms with E-state index in [9.17, 15) is 9.90 Å². The fourth-order valence-corrected chi connectivity index (χ4v) is 5.19. The number of likely N-dealkylation sites (N-methyl/N-ethyl adjacent to an activating group) is 1. The Morgan fingerprint density at radius 2 is 2.09 bits per heavy atom. The molecule has 3 atom stereocenters. The maximum Gasteiger partial charge on any atom is 0.317 e. The van der Waals surface area contributed by atoms with Crippen LogP contribution in [0.25, 0.3) is 0 Å². The Labute approximate surface area is 209 Å². The molecule has 1 heterocycles. The second-order valence-electron chi connectivity index (χ2n) is 10.7. The molecular formula is C26H43ClFN3O3. The van der Waals surface area contributed by atoms with Gasteiger partial charge >= 0.3 is 6.03 Å². The van der Waals surface area contributed by atoms with Gasteiger partial charge in [0, 0.05) is 50.9 Å². The number of hydrogen-bond donors (Lipinski definition) is 3. The highest BCUT2D eigenvalue weighted by Crippen LogP contribution is 2.42. The largest absolute Gasteiger partial charge is 0.385 e. The predicted molar refractivity (Wildman–Crippen MR) is 136 cm³/mol. The number of aliphatic hydroxyl groups is 1. The molecule has 1 aromatic rings. The molecule has 1 aliphatic heterocycles. The van der Waals surface area contributed by atoms with E-state index in [2.05, 4.69) is 31.4 Å². The minimum atomic E-state index is -1.42. The van der Waals surface area contributed by atoms with Gasteiger partial charge < -0.3 is 25.4 Å². The van der Waals surface area contributed by atoms with E-state index in [1.165, 1.54) is 6.07 Å². The summed E-state index contributed by atoms with van der Waals surface area (Å²) >= 11 is 6.07. The standard InChI is InChI=1S/C26H43ClFN3O3/c1-25(2,3)16-20(17-29-4)30-24(32)31-14-9-10-19(18-31)26(33,13-6-7-15-34-5)21-11-8-12-22(27)23(21)28/h8,11-12,19-20,29,33H,6-7,9-10,13-18H2,1-5H3,(H,30,32)/t19-,20?,26+/m1/s1. The van der Waals surface area contributed by atoms with Crippen molar-refractivity contribution in [3.05, 3.63) is 34.6 Å². The Morgan fingerprint density at radius 1 is 1.35 bits per heavy atom. The number of rotatable bonds is 11. The Balaban J connectivity index is 2.22. The van der Waals surface area contributed by atoms with Crippen LogP contribution in [0.4, 0.5) is 9.18 Å². The van der Waals surface area contributed by atoms with Crippen molar-refractivity contribution in [2.75, 3.05) is 40.4 Å². The topological polar surface area (TPSA) is 73.8 Å². The van der Waals surface area contributed by atoms with E-state index in [0.717, 1.165) is 19.3 Å². The smallest absolute Gasteiger partial charge is 0.317 e. The van der Waals surface area contributed by atoms with Gasteiger partial charge in [-0.2, -0.15) is 0 Å². The highest BCUT2D eigenvalue weighted by Gasteiger charge is 2.43. The first-order valence-electron chi connectivity index (χ1n) is 12.4. The van der Waals surface area contributed by atoms with Crippen LogP contribution in [-0.4, -0.2) is 62.5 Å². The van der Waals surface area contributed by atoms with E-state index in [4.69, 9.17) is 16.3 Å². The molecule has 0 aliphatic carbocycles. The van der Waals surface area contributed by atoms with E-state index < -0.39 is 11.4 Å². The Bertz CT molecular complexity index is 789. The van der Waals surface area contributed by atoms with Crippen LogP contribution in [0.5, 0.6) is 0 Å². The summed E-state index contributed by atoms with van der Waals surface area (Å²) in [7, 11) is 3.52. The number of methoxy groups -OCH3 is 1. The molecule has 1 aliphatic rings. The average molecular weight is 500 g/mol. The summed E-state index contributed by atoms with van der Waals surface area (Å²) in [5.41, 5.74) is -1.13. The highest BCUT2D eigenvalue weighted by molar-refractivity contribution is 6.30. The van der Waals surface area contributed by atoms with Crippen LogP contribution in [-0.2, 0) is 10.3 Å². The highest BCUT2D eigenvalue weighted by atomic mass is 35.5. The van der Waals surface area contributed by atoms with Crippen molar-refractivity contribution in [3.63, 3.8) is 0 Å². The number of piperidine rings is 1. The van der Waals surface area contributed by atoms with Crippen LogP contribution in [0.1, 0.15) is 64.9 Å². The van der Waals surface area contributed by atoms with Crippen LogP contribution in [0.3, 0.4) is 0 Å². The molecule has 194 valence electrons. The second-order valence-corrected chi connectivity index (χ2v) is 11.1. The molecule has 8 heteroatoms. The van der Waals surface area contributed by atoms with Gasteiger partial charge in [-0.25, -0.2) is 9.18 Å². The number of unbranched alkanes of at least 4 members (excludes halogenated alkanes) is 1. The molecular weight excluding hydrogens is 457 g/mol. The summed E-state index contributed by atoms with van der Waals surface area (Å²) in [6.45, 7) is 8.69. The lowest BCUT2D eigenvalue weighted by atomic mass is 9.74. The van der Waals surface area contributed by atoms with E-state index in [1.54, 1.807) is 24.1 Å². The number of carbonyl (C=O) groups excluding carboxylic acids is 1. The second kappa shape index (κ2) is 13.1. The van der Waals surface area contributed by atoms with Crippen molar-refractivity contribution in [1.82, 2.24) is 15.5 Å². The lowest BCUT2D eigenvalue weighted by Gasteiger charge is -2.43. The number of halogens is 2. The van der Waals surface area contributed by atoms with Gasteiger partial charge in [0.25, 0.3) is 0 Å². The first-order valence-corrected chi connectivity index (χ1v) is 12.8. The van der Waals surface area contributed by atoms with Gasteiger partial charge in [0.1, 0.15) is 5.82 Å². The zero-order chi connectivity index (χ0) is 25.4. The SMILES string of the molecule is CNCC(CC(C)(C)C)NC(=O)N1CCC[C@@H]([C@@](O)(CCCCOC)c2cccc(Cl)c2F)C1. The molecule has 2 rings (SSSR count). The minimum absolute atomic E-state index is 0.00354. The zero-order valence-electron chi connectivity index (χ0n) is 21.4. The summed E-state index contributed by atoms with van der Waals surface area (Å²) in [5, 5.41) is 18.2. The van der Waals surface area contributed by atoms with Crippen molar-refractivity contribution >= 4 is 17.6 Å². The molecule has 0 radical (unpaired) electrons. The van der Waals surface area contributed by atoms with E-state index >= 15 is 4.39 Å². The molecule has 0 spiro atoms. The van der Waals surface area contributed by atoms with Gasteiger partial charge in [0.05, 0.1) is 10.6 Å². The fraction of sp³-hybridized carbons (Fsp3) is 0.731. The third kappa shape index (κ3) is 8.08. The van der Waals surface area contributed by atoms with E-state index in [1.807, 2.05) is 7.05 Å². The van der Waals surface area contributed by atoms with Crippen LogP contribution >= 0.6 is 11.6 Å². The molecule has 1 saturated heterocycles. The quantitative estimate of drug-likeness (QED) is 0.377. The van der Waals surface area contributed by atoms with E-state index in [-0.39, 0.29) is 34.0 Å². The summed E-state index contributed by atoms with van der Waals surface area (Å²) in [5.74, 6) is -0.882. The number of urea groups is 1. The third-order valence-corrected chi connectivity index (χ3v) is 6.89. The van der Waals surface area contributed by atoms with Gasteiger partial charge in [-0.15, -0.1) is 0 Å². The lowest BCUT2D eigenvalue weighted by molar-refractivity contribution is -0.0587. The maximum atomic E-state index is 15.1. The molecule has 1 unspecified atom stereocenters. The Kier molecular flexibility index (Phi) is 11.1. The first kappa shape index (κ1) is 28.8. The van der Waals surface area contributed by atoms with Gasteiger partial charge in [0.2, 0.25) is 0 Å². The van der Waals surface area contributed by atoms with Gasteiger partial charge in [-0.1, -0.05) is 44.5 Å².